The van der Waals surface area contributed by atoms with E-state index in [1.807, 2.05) is 0 Å². The van der Waals surface area contributed by atoms with Crippen molar-refractivity contribution in [3.63, 3.8) is 0 Å². The maximum absolute atomic E-state index is 15.5. The third-order valence-corrected chi connectivity index (χ3v) is 17.7. The number of carbonyl (C=O) groups is 8. The van der Waals surface area contributed by atoms with Crippen LogP contribution in [0.4, 0.5) is 0 Å². The number of fused-ring (bicyclic) bond motifs is 14. The smallest absolute Gasteiger partial charge is 0.342 e. The number of esters is 8. The normalized spacial score (nSPS) is 21.4. The Morgan fingerprint density at radius 3 is 0.893 bits per heavy atom. The van der Waals surface area contributed by atoms with Crippen LogP contribution in [0.3, 0.4) is 0 Å². The van der Waals surface area contributed by atoms with Gasteiger partial charge in [-0.05, 0) is 36.4 Å². The Hall–Kier alpha value is -15.4. The molecule has 584 valence electrons. The molecule has 8 aromatic carbocycles. The van der Waals surface area contributed by atoms with E-state index >= 15 is 19.2 Å². The largest absolute Gasteiger partial charge is 0.504 e. The third-order valence-electron chi connectivity index (χ3n) is 17.7. The fourth-order valence-electron chi connectivity index (χ4n) is 12.3. The summed E-state index contributed by atoms with van der Waals surface area (Å²) >= 11 is 0. The molecule has 24 N–H and O–H groups in total. The Balaban J connectivity index is 1.08. The van der Waals surface area contributed by atoms with Crippen LogP contribution in [-0.4, -0.2) is 245 Å². The standard InChI is InChI=1S/C68H48O44/c69-21-1-13(2-22(70)37(21)77)59(91)109-55-53-32-12-102-62(94)17-9-29(43(83)47(87)35(17)34-16(63(95)107-53)6-26(74)40(80)46(34)86)103-51-19(7-27(75)41(81)49(51)89)65(97)112-58-56(110-60(92)14-3-23(71)38(78)24(72)4-14)54-31(105-68(58)100)11-101-61(93)15-5-25(73)39(79)45(85)33(15)36-18(64(96)108-54)10-30(44(84)48(36)88)104-52-20(8-28(76)42(82)50(52)90)66(98)111-57(55)67(99)106-32/h1-10,31-32,53-58,67-90,99-100H,11-12H2/t31-,32-,53-,54-,55+,56+,57-,58-,67-,68-/m0/s1. The number of carbonyl (C=O) groups excluding carboxylic acids is 8. The van der Waals surface area contributed by atoms with Crippen molar-refractivity contribution in [3.05, 3.63) is 105 Å². The summed E-state index contributed by atoms with van der Waals surface area (Å²) in [4.78, 5) is 119. The minimum absolute atomic E-state index is 0.148. The van der Waals surface area contributed by atoms with Gasteiger partial charge in [-0.3, -0.25) is 0 Å². The Kier molecular flexibility index (Phi) is 18.3. The Morgan fingerprint density at radius 1 is 0.295 bits per heavy atom. The molecule has 5 aliphatic rings. The van der Waals surface area contributed by atoms with Crippen molar-refractivity contribution >= 4 is 47.8 Å². The molecule has 5 heterocycles. The molecule has 2 saturated heterocycles. The van der Waals surface area contributed by atoms with Gasteiger partial charge in [0.2, 0.25) is 46.0 Å². The van der Waals surface area contributed by atoms with Crippen LogP contribution in [0.5, 0.6) is 149 Å². The van der Waals surface area contributed by atoms with E-state index < -0.39 is 339 Å². The molecule has 2 fully saturated rings. The molecule has 13 rings (SSSR count). The first-order valence-electron chi connectivity index (χ1n) is 31.2. The van der Waals surface area contributed by atoms with Gasteiger partial charge >= 0.3 is 47.8 Å². The summed E-state index contributed by atoms with van der Waals surface area (Å²) in [5.41, 5.74) is -15.9. The van der Waals surface area contributed by atoms with Crippen molar-refractivity contribution < 1.29 is 218 Å². The molecule has 0 spiro atoms. The minimum atomic E-state index is -2.94. The summed E-state index contributed by atoms with van der Waals surface area (Å²) in [5, 5.41) is 269. The van der Waals surface area contributed by atoms with Crippen LogP contribution in [0.25, 0.3) is 22.3 Å². The molecule has 44 nitrogen and oxygen atoms in total. The van der Waals surface area contributed by atoms with Crippen LogP contribution < -0.4 is 9.47 Å². The first-order chi connectivity index (χ1) is 52.8. The summed E-state index contributed by atoms with van der Waals surface area (Å²) in [6.07, 6.45) is -27.7. The molecule has 112 heavy (non-hydrogen) atoms. The number of phenols is 22. The highest BCUT2D eigenvalue weighted by Crippen LogP contribution is 2.59. The number of rotatable bonds is 4. The third kappa shape index (κ3) is 12.4. The van der Waals surface area contributed by atoms with Crippen molar-refractivity contribution in [2.75, 3.05) is 13.2 Å². The Bertz CT molecular complexity index is 5420. The van der Waals surface area contributed by atoms with E-state index in [1.54, 1.807) is 0 Å². The van der Waals surface area contributed by atoms with Crippen molar-refractivity contribution in [1.82, 2.24) is 0 Å². The lowest BCUT2D eigenvalue weighted by Gasteiger charge is -2.42. The highest BCUT2D eigenvalue weighted by Gasteiger charge is 2.56. The zero-order valence-electron chi connectivity index (χ0n) is 54.9. The quantitative estimate of drug-likeness (QED) is 0.0682. The average molecular weight is 1570 g/mol. The molecule has 0 aromatic heterocycles. The second-order valence-corrected chi connectivity index (χ2v) is 24.4. The van der Waals surface area contributed by atoms with Crippen LogP contribution in [-0.2, 0) is 47.4 Å². The van der Waals surface area contributed by atoms with Crippen LogP contribution in [0.1, 0.15) is 82.9 Å². The molecule has 8 bridgehead atoms. The van der Waals surface area contributed by atoms with Gasteiger partial charge in [0.1, 0.15) is 36.5 Å². The maximum Gasteiger partial charge on any atom is 0.342 e. The zero-order valence-corrected chi connectivity index (χ0v) is 54.9. The number of cyclic esters (lactones) is 1. The first kappa shape index (κ1) is 74.8. The van der Waals surface area contributed by atoms with Crippen LogP contribution in [0.2, 0.25) is 0 Å². The van der Waals surface area contributed by atoms with E-state index in [4.69, 9.17) is 56.8 Å². The fourth-order valence-corrected chi connectivity index (χ4v) is 12.3. The van der Waals surface area contributed by atoms with E-state index in [2.05, 4.69) is 0 Å². The van der Waals surface area contributed by atoms with Gasteiger partial charge in [-0.2, -0.15) is 0 Å². The molecule has 0 radical (unpaired) electrons. The van der Waals surface area contributed by atoms with Gasteiger partial charge in [-0.25, -0.2) is 38.4 Å². The summed E-state index contributed by atoms with van der Waals surface area (Å²) < 4.78 is 67.6. The molecular weight excluding hydrogens is 1520 g/mol. The van der Waals surface area contributed by atoms with Gasteiger partial charge in [0.25, 0.3) is 0 Å². The van der Waals surface area contributed by atoms with Crippen molar-refractivity contribution in [2.45, 2.75) is 61.4 Å². The highest BCUT2D eigenvalue weighted by atomic mass is 16.7. The number of ether oxygens (including phenoxy) is 12. The van der Waals surface area contributed by atoms with Crippen LogP contribution in [0.15, 0.2) is 60.7 Å². The lowest BCUT2D eigenvalue weighted by Crippen LogP contribution is -2.62. The maximum atomic E-state index is 15.5. The number of hydrogen-bond acceptors (Lipinski definition) is 44. The van der Waals surface area contributed by atoms with Crippen LogP contribution >= 0.6 is 0 Å². The molecule has 10 atom stereocenters. The predicted octanol–water partition coefficient (Wildman–Crippen LogP) is 2.17. The average Bonchev–Trinajstić information content (AvgIpc) is 1.13. The molecule has 0 amide bonds. The second-order valence-electron chi connectivity index (χ2n) is 24.4. The number of aliphatic hydroxyl groups is 2. The Morgan fingerprint density at radius 2 is 0.554 bits per heavy atom. The fraction of sp³-hybridized carbons (Fsp3) is 0.176. The van der Waals surface area contributed by atoms with Gasteiger partial charge in [0.05, 0.1) is 33.4 Å². The van der Waals surface area contributed by atoms with E-state index in [1.165, 1.54) is 0 Å². The highest BCUT2D eigenvalue weighted by molar-refractivity contribution is 6.10. The van der Waals surface area contributed by atoms with Gasteiger partial charge < -0.3 is 179 Å². The number of phenolic OH excluding ortho intramolecular Hbond substituents is 22. The van der Waals surface area contributed by atoms with Crippen molar-refractivity contribution in [3.8, 4) is 172 Å². The zero-order chi connectivity index (χ0) is 81.3. The number of hydrogen-bond donors (Lipinski definition) is 24. The van der Waals surface area contributed by atoms with Gasteiger partial charge in [0.15, 0.2) is 153 Å². The van der Waals surface area contributed by atoms with E-state index in [0.29, 0.717) is 30.3 Å². The topological polar surface area (TPSA) is 733 Å². The number of benzene rings is 8. The SMILES string of the molecule is O=C(O[C@@H]1[C@H]2OC(=O)c3cc(O)c(O)c(O)c3-c3c4cc(c(O)c3O)Oc3c(cc(O)c(O)c3O)C(=O)O[C@H]3[C@H](OC(=O)c5cc(O)c(O)c(O)c5)[C@H]5OC(=O)c6cc(c(O)c(O)c6-c6c(cc(O)c(O)c6O)C(=O)OC[C@@H]5O[C@@H]3O)Oc3c(cc(O)c(O)c3O)C(=O)O[C@@H]1[C@@H](O)O[C@H]2COC4=O)c1cc(O)c(O)c(O)c1. The number of aliphatic hydroxyl groups excluding tert-OH is 2. The van der Waals surface area contributed by atoms with E-state index in [-0.39, 0.29) is 30.3 Å². The van der Waals surface area contributed by atoms with E-state index in [0.717, 1.165) is 0 Å². The molecule has 0 saturated carbocycles. The monoisotopic (exact) mass is 1570 g/mol. The Labute approximate surface area is 615 Å². The summed E-state index contributed by atoms with van der Waals surface area (Å²) in [7, 11) is 0. The second kappa shape index (κ2) is 27.4. The summed E-state index contributed by atoms with van der Waals surface area (Å²) in [5.74, 6) is -56.6. The predicted molar refractivity (Wildman–Crippen MR) is 344 cm³/mol. The molecule has 5 aliphatic heterocycles. The molecule has 8 aromatic rings. The number of aromatic hydroxyl groups is 22. The van der Waals surface area contributed by atoms with Crippen molar-refractivity contribution in [2.24, 2.45) is 0 Å². The van der Waals surface area contributed by atoms with Gasteiger partial charge in [0, 0.05) is 46.5 Å². The first-order valence-corrected chi connectivity index (χ1v) is 31.2. The van der Waals surface area contributed by atoms with Gasteiger partial charge in [-0.15, -0.1) is 0 Å². The summed E-state index contributed by atoms with van der Waals surface area (Å²) in [6.45, 7) is -2.98. The molecule has 0 unspecified atom stereocenters. The van der Waals surface area contributed by atoms with Crippen molar-refractivity contribution in [1.29, 1.82) is 0 Å². The molecule has 0 aliphatic carbocycles. The lowest BCUT2D eigenvalue weighted by molar-refractivity contribution is -0.284. The molecule has 44 heteroatoms. The van der Waals surface area contributed by atoms with Gasteiger partial charge in [-0.1, -0.05) is 0 Å². The van der Waals surface area contributed by atoms with E-state index in [9.17, 15) is 142 Å². The summed E-state index contributed by atoms with van der Waals surface area (Å²) in [6, 6.07) is 2.96. The minimum Gasteiger partial charge on any atom is -0.504 e. The van der Waals surface area contributed by atoms with Crippen LogP contribution in [0, 0.1) is 0 Å². The lowest BCUT2D eigenvalue weighted by atomic mass is 9.91. The molecular formula is C68H48O44.